The number of rotatable bonds is 6. The molecule has 0 atom stereocenters. The molecule has 1 aliphatic carbocycles. The highest BCUT2D eigenvalue weighted by molar-refractivity contribution is 6.08. The van der Waals surface area contributed by atoms with Crippen LogP contribution in [0.1, 0.15) is 48.8 Å². The molecule has 1 aromatic rings. The molecule has 2 N–H and O–H groups in total. The zero-order valence-electron chi connectivity index (χ0n) is 15.1. The lowest BCUT2D eigenvalue weighted by Crippen LogP contribution is -2.58. The molecule has 2 fully saturated rings. The van der Waals surface area contributed by atoms with E-state index in [1.807, 2.05) is 0 Å². The van der Waals surface area contributed by atoms with E-state index >= 15 is 0 Å². The minimum atomic E-state index is 0.112. The normalized spacial score (nSPS) is 22.0. The summed E-state index contributed by atoms with van der Waals surface area (Å²) in [6.07, 6.45) is 10.2. The second kappa shape index (κ2) is 7.40. The van der Waals surface area contributed by atoms with Crippen LogP contribution in [0.25, 0.3) is 0 Å². The molecule has 1 saturated carbocycles. The van der Waals surface area contributed by atoms with Gasteiger partial charge in [-0.05, 0) is 55.2 Å². The largest absolute Gasteiger partial charge is 0.324 e. The fourth-order valence-electron chi connectivity index (χ4n) is 4.54. The highest BCUT2D eigenvalue weighted by atomic mass is 15.2. The third kappa shape index (κ3) is 4.39. The molecular weight excluding hydrogens is 279 g/mol. The average Bonchev–Trinajstić information content (AvgIpc) is 2.48. The van der Waals surface area contributed by atoms with E-state index in [4.69, 9.17) is 5.73 Å². The van der Waals surface area contributed by atoms with Crippen LogP contribution in [0.15, 0.2) is 18.2 Å². The van der Waals surface area contributed by atoms with Gasteiger partial charge < -0.3 is 10.6 Å². The zero-order chi connectivity index (χ0) is 16.3. The van der Waals surface area contributed by atoms with Gasteiger partial charge in [-0.15, -0.1) is 0 Å². The summed E-state index contributed by atoms with van der Waals surface area (Å²) in [6, 6.07) is 7.10. The van der Waals surface area contributed by atoms with Crippen LogP contribution in [0.3, 0.4) is 0 Å². The Bertz CT molecular complexity index is 516. The number of nitrogens with two attached hydrogens (primary N) is 1. The summed E-state index contributed by atoms with van der Waals surface area (Å²) < 4.78 is 0. The van der Waals surface area contributed by atoms with Crippen LogP contribution >= 0.6 is 0 Å². The summed E-state index contributed by atoms with van der Waals surface area (Å²) in [5.74, 6) is 0.831. The number of benzene rings is 1. The van der Waals surface area contributed by atoms with E-state index in [0.29, 0.717) is 0 Å². The molecule has 2 nitrogen and oxygen atoms in total. The fraction of sp³-hybridized carbons (Fsp3) is 0.700. The highest BCUT2D eigenvalue weighted by Crippen LogP contribution is 2.30. The van der Waals surface area contributed by atoms with Crippen molar-refractivity contribution in [3.05, 3.63) is 34.9 Å². The summed E-state index contributed by atoms with van der Waals surface area (Å²) in [4.78, 5) is 2.59. The van der Waals surface area contributed by atoms with Gasteiger partial charge in [0.1, 0.15) is 7.85 Å². The minimum absolute atomic E-state index is 0.112. The van der Waals surface area contributed by atoms with Crippen LogP contribution in [0, 0.1) is 12.8 Å². The maximum Gasteiger partial charge on any atom is 0.101 e. The van der Waals surface area contributed by atoms with E-state index in [1.54, 1.807) is 5.56 Å². The highest BCUT2D eigenvalue weighted by Gasteiger charge is 2.35. The first-order valence-electron chi connectivity index (χ1n) is 9.68. The molecule has 126 valence electrons. The molecule has 23 heavy (non-hydrogen) atoms. The Hall–Kier alpha value is -0.795. The van der Waals surface area contributed by atoms with Crippen LogP contribution in [0.4, 0.5) is 0 Å². The van der Waals surface area contributed by atoms with Crippen LogP contribution in [0.2, 0.25) is 6.32 Å². The molecule has 0 unspecified atom stereocenters. The molecular formula is C20H33BN2. The van der Waals surface area contributed by atoms with Crippen molar-refractivity contribution in [3.8, 4) is 0 Å². The molecule has 0 radical (unpaired) electrons. The minimum Gasteiger partial charge on any atom is -0.324 e. The van der Waals surface area contributed by atoms with Crippen LogP contribution in [-0.2, 0) is 12.8 Å². The molecule has 3 heteroatoms. The van der Waals surface area contributed by atoms with Crippen molar-refractivity contribution >= 4 is 7.85 Å². The maximum absolute atomic E-state index is 6.60. The molecule has 0 aromatic heterocycles. The Morgan fingerprint density at radius 1 is 1.22 bits per heavy atom. The predicted octanol–water partition coefficient (Wildman–Crippen LogP) is 2.72. The number of hydrogen-bond acceptors (Lipinski definition) is 2. The van der Waals surface area contributed by atoms with Gasteiger partial charge >= 0.3 is 0 Å². The Morgan fingerprint density at radius 2 is 1.96 bits per heavy atom. The van der Waals surface area contributed by atoms with Crippen molar-refractivity contribution in [3.63, 3.8) is 0 Å². The SMILES string of the molecule is BCCc1ccc(CC2CN(CC3(N)CCCCC3)C2)c(C)c1. The van der Waals surface area contributed by atoms with Gasteiger partial charge in [-0.25, -0.2) is 0 Å². The fourth-order valence-corrected chi connectivity index (χ4v) is 4.54. The Labute approximate surface area is 143 Å². The molecule has 0 bridgehead atoms. The Kier molecular flexibility index (Phi) is 5.48. The van der Waals surface area contributed by atoms with Gasteiger partial charge in [0.25, 0.3) is 0 Å². The van der Waals surface area contributed by atoms with Crippen LogP contribution in [0.5, 0.6) is 0 Å². The summed E-state index contributed by atoms with van der Waals surface area (Å²) in [5, 5.41) is 0. The van der Waals surface area contributed by atoms with E-state index < -0.39 is 0 Å². The number of aryl methyl sites for hydroxylation is 2. The first-order valence-corrected chi connectivity index (χ1v) is 9.68. The van der Waals surface area contributed by atoms with Crippen LogP contribution < -0.4 is 5.73 Å². The number of nitrogens with zero attached hydrogens (tertiary/aromatic N) is 1. The summed E-state index contributed by atoms with van der Waals surface area (Å²) in [6.45, 7) is 5.89. The lowest BCUT2D eigenvalue weighted by Gasteiger charge is -2.46. The third-order valence-electron chi connectivity index (χ3n) is 5.87. The van der Waals surface area contributed by atoms with Gasteiger partial charge in [0.2, 0.25) is 0 Å². The molecule has 0 spiro atoms. The molecule has 1 aromatic carbocycles. The van der Waals surface area contributed by atoms with E-state index in [-0.39, 0.29) is 5.54 Å². The molecule has 3 rings (SSSR count). The topological polar surface area (TPSA) is 29.3 Å². The van der Waals surface area contributed by atoms with Gasteiger partial charge in [-0.3, -0.25) is 0 Å². The van der Waals surface area contributed by atoms with Gasteiger partial charge in [0, 0.05) is 25.2 Å². The van der Waals surface area contributed by atoms with E-state index in [2.05, 4.69) is 37.9 Å². The molecule has 1 aliphatic heterocycles. The van der Waals surface area contributed by atoms with Crippen molar-refractivity contribution in [1.82, 2.24) is 4.90 Å². The van der Waals surface area contributed by atoms with Crippen molar-refractivity contribution in [2.45, 2.75) is 63.7 Å². The summed E-state index contributed by atoms with van der Waals surface area (Å²) in [5.41, 5.74) is 11.2. The summed E-state index contributed by atoms with van der Waals surface area (Å²) in [7, 11) is 2.25. The predicted molar refractivity (Wildman–Crippen MR) is 102 cm³/mol. The van der Waals surface area contributed by atoms with Gasteiger partial charge in [-0.1, -0.05) is 43.8 Å². The van der Waals surface area contributed by atoms with Gasteiger partial charge in [0.05, 0.1) is 0 Å². The quantitative estimate of drug-likeness (QED) is 0.819. The molecule has 1 heterocycles. The van der Waals surface area contributed by atoms with Crippen molar-refractivity contribution in [1.29, 1.82) is 0 Å². The first kappa shape index (κ1) is 17.0. The number of likely N-dealkylation sites (tertiary alicyclic amines) is 1. The average molecular weight is 312 g/mol. The standard InChI is InChI=1S/C20H33BN2/c1-16-11-17(7-10-21)5-6-19(16)12-18-13-23(14-18)15-20(22)8-3-2-4-9-20/h5-6,11,18H,2-4,7-10,12-15,21-22H2,1H3. The van der Waals surface area contributed by atoms with E-state index in [0.717, 1.165) is 12.5 Å². The monoisotopic (exact) mass is 312 g/mol. The Balaban J connectivity index is 1.46. The second-order valence-electron chi connectivity index (χ2n) is 8.20. The molecule has 1 saturated heterocycles. The lowest BCUT2D eigenvalue weighted by atomic mass is 9.80. The van der Waals surface area contributed by atoms with Crippen molar-refractivity contribution in [2.75, 3.05) is 19.6 Å². The smallest absolute Gasteiger partial charge is 0.101 e. The van der Waals surface area contributed by atoms with Gasteiger partial charge in [0.15, 0.2) is 0 Å². The van der Waals surface area contributed by atoms with Crippen molar-refractivity contribution < 1.29 is 0 Å². The van der Waals surface area contributed by atoms with Crippen molar-refractivity contribution in [2.24, 2.45) is 11.7 Å². The van der Waals surface area contributed by atoms with E-state index in [1.165, 1.54) is 75.5 Å². The first-order chi connectivity index (χ1) is 11.1. The zero-order valence-corrected chi connectivity index (χ0v) is 15.1. The molecule has 2 aliphatic rings. The maximum atomic E-state index is 6.60. The lowest BCUT2D eigenvalue weighted by molar-refractivity contribution is 0.0623. The van der Waals surface area contributed by atoms with E-state index in [9.17, 15) is 0 Å². The third-order valence-corrected chi connectivity index (χ3v) is 5.87. The second-order valence-corrected chi connectivity index (χ2v) is 8.20. The molecule has 0 amide bonds. The van der Waals surface area contributed by atoms with Crippen LogP contribution in [-0.4, -0.2) is 37.9 Å². The summed E-state index contributed by atoms with van der Waals surface area (Å²) >= 11 is 0. The van der Waals surface area contributed by atoms with Gasteiger partial charge in [-0.2, -0.15) is 0 Å². The number of hydrogen-bond donors (Lipinski definition) is 1. The Morgan fingerprint density at radius 3 is 2.61 bits per heavy atom.